The first-order valence-corrected chi connectivity index (χ1v) is 9.27. The summed E-state index contributed by atoms with van der Waals surface area (Å²) in [7, 11) is 1.71. The summed E-state index contributed by atoms with van der Waals surface area (Å²) in [6.07, 6.45) is 7.40. The van der Waals surface area contributed by atoms with E-state index in [1.807, 2.05) is 12.4 Å². The lowest BCUT2D eigenvalue weighted by molar-refractivity contribution is -0.121. The van der Waals surface area contributed by atoms with Crippen molar-refractivity contribution in [3.05, 3.63) is 29.6 Å². The van der Waals surface area contributed by atoms with Crippen LogP contribution < -0.4 is 10.6 Å². The minimum Gasteiger partial charge on any atom is -0.359 e. The van der Waals surface area contributed by atoms with Gasteiger partial charge in [-0.05, 0) is 56.2 Å². The molecule has 1 amide bonds. The fraction of sp³-hybridized carbons (Fsp3) is 0.632. The summed E-state index contributed by atoms with van der Waals surface area (Å²) in [5.41, 5.74) is 2.52. The van der Waals surface area contributed by atoms with E-state index >= 15 is 0 Å². The fourth-order valence-electron chi connectivity index (χ4n) is 3.20. The standard InChI is InChI=1S/C19H31N5O/c1-4-22-19(23-10-6-17-5-9-21-14-15(17)2)24-11-7-16(8-12-24)13-18(25)20-3/h5,9,14,16H,4,6-8,10-13H2,1-3H3,(H,20,25)(H,22,23). The number of hydrogen-bond donors (Lipinski definition) is 2. The second-order valence-corrected chi connectivity index (χ2v) is 6.60. The highest BCUT2D eigenvalue weighted by atomic mass is 16.1. The zero-order chi connectivity index (χ0) is 18.1. The van der Waals surface area contributed by atoms with Gasteiger partial charge in [-0.2, -0.15) is 0 Å². The highest BCUT2D eigenvalue weighted by molar-refractivity contribution is 5.80. The van der Waals surface area contributed by atoms with E-state index in [2.05, 4.69) is 40.4 Å². The third-order valence-corrected chi connectivity index (χ3v) is 4.78. The first-order chi connectivity index (χ1) is 12.1. The normalized spacial score (nSPS) is 16.0. The van der Waals surface area contributed by atoms with Crippen LogP contribution in [0.4, 0.5) is 0 Å². The fourth-order valence-corrected chi connectivity index (χ4v) is 3.20. The number of guanidine groups is 1. The number of rotatable bonds is 6. The first-order valence-electron chi connectivity index (χ1n) is 9.27. The van der Waals surface area contributed by atoms with Crippen molar-refractivity contribution in [2.75, 3.05) is 33.2 Å². The van der Waals surface area contributed by atoms with Crippen LogP contribution in [0.15, 0.2) is 23.5 Å². The Morgan fingerprint density at radius 1 is 1.40 bits per heavy atom. The molecule has 1 saturated heterocycles. The number of aryl methyl sites for hydroxylation is 1. The molecule has 1 aliphatic heterocycles. The van der Waals surface area contributed by atoms with Crippen molar-refractivity contribution in [3.8, 4) is 0 Å². The van der Waals surface area contributed by atoms with E-state index in [4.69, 9.17) is 4.99 Å². The lowest BCUT2D eigenvalue weighted by Crippen LogP contribution is -2.46. The molecular weight excluding hydrogens is 314 g/mol. The Morgan fingerprint density at radius 2 is 2.16 bits per heavy atom. The van der Waals surface area contributed by atoms with E-state index in [0.29, 0.717) is 12.3 Å². The van der Waals surface area contributed by atoms with Gasteiger partial charge in [-0.3, -0.25) is 14.8 Å². The van der Waals surface area contributed by atoms with Gasteiger partial charge in [0, 0.05) is 52.0 Å². The molecule has 0 radical (unpaired) electrons. The molecule has 6 nitrogen and oxygen atoms in total. The van der Waals surface area contributed by atoms with Gasteiger partial charge in [-0.25, -0.2) is 0 Å². The monoisotopic (exact) mass is 345 g/mol. The van der Waals surface area contributed by atoms with Gasteiger partial charge in [-0.15, -0.1) is 0 Å². The Labute approximate surface area is 151 Å². The summed E-state index contributed by atoms with van der Waals surface area (Å²) in [5, 5.41) is 6.13. The minimum absolute atomic E-state index is 0.145. The van der Waals surface area contributed by atoms with Gasteiger partial charge >= 0.3 is 0 Å². The molecule has 0 saturated carbocycles. The quantitative estimate of drug-likeness (QED) is 0.609. The number of amides is 1. The first kappa shape index (κ1) is 19.2. The molecule has 0 bridgehead atoms. The van der Waals surface area contributed by atoms with Gasteiger partial charge in [0.15, 0.2) is 5.96 Å². The largest absolute Gasteiger partial charge is 0.359 e. The average molecular weight is 345 g/mol. The maximum atomic E-state index is 11.5. The van der Waals surface area contributed by atoms with Gasteiger partial charge in [0.25, 0.3) is 0 Å². The zero-order valence-corrected chi connectivity index (χ0v) is 15.7. The van der Waals surface area contributed by atoms with Crippen molar-refractivity contribution in [1.82, 2.24) is 20.5 Å². The molecule has 0 atom stereocenters. The predicted molar refractivity (Wildman–Crippen MR) is 102 cm³/mol. The van der Waals surface area contributed by atoms with Crippen LogP contribution in [-0.2, 0) is 11.2 Å². The molecule has 0 unspecified atom stereocenters. The van der Waals surface area contributed by atoms with Gasteiger partial charge < -0.3 is 15.5 Å². The number of pyridine rings is 1. The smallest absolute Gasteiger partial charge is 0.220 e. The topological polar surface area (TPSA) is 69.6 Å². The van der Waals surface area contributed by atoms with Crippen molar-refractivity contribution in [2.24, 2.45) is 10.9 Å². The minimum atomic E-state index is 0.145. The number of nitrogens with zero attached hydrogens (tertiary/aromatic N) is 3. The molecule has 25 heavy (non-hydrogen) atoms. The van der Waals surface area contributed by atoms with Crippen LogP contribution in [0.2, 0.25) is 0 Å². The molecule has 2 rings (SSSR count). The molecular formula is C19H31N5O. The number of likely N-dealkylation sites (tertiary alicyclic amines) is 1. The van der Waals surface area contributed by atoms with Crippen LogP contribution >= 0.6 is 0 Å². The summed E-state index contributed by atoms with van der Waals surface area (Å²) in [4.78, 5) is 22.8. The predicted octanol–water partition coefficient (Wildman–Crippen LogP) is 1.75. The Balaban J connectivity index is 1.87. The molecule has 1 aromatic rings. The Hall–Kier alpha value is -2.11. The maximum Gasteiger partial charge on any atom is 0.220 e. The van der Waals surface area contributed by atoms with Crippen LogP contribution in [0.5, 0.6) is 0 Å². The lowest BCUT2D eigenvalue weighted by Gasteiger charge is -2.34. The molecule has 1 fully saturated rings. The van der Waals surface area contributed by atoms with Crippen molar-refractivity contribution in [1.29, 1.82) is 0 Å². The highest BCUT2D eigenvalue weighted by Crippen LogP contribution is 2.20. The van der Waals surface area contributed by atoms with Crippen molar-refractivity contribution in [3.63, 3.8) is 0 Å². The van der Waals surface area contributed by atoms with E-state index < -0.39 is 0 Å². The molecule has 138 valence electrons. The van der Waals surface area contributed by atoms with Gasteiger partial charge in [-0.1, -0.05) is 0 Å². The number of carbonyl (C=O) groups is 1. The van der Waals surface area contributed by atoms with E-state index in [0.717, 1.165) is 51.4 Å². The van der Waals surface area contributed by atoms with Crippen molar-refractivity contribution in [2.45, 2.75) is 39.5 Å². The average Bonchev–Trinajstić information content (AvgIpc) is 2.63. The van der Waals surface area contributed by atoms with Crippen LogP contribution in [0, 0.1) is 12.8 Å². The third-order valence-electron chi connectivity index (χ3n) is 4.78. The zero-order valence-electron chi connectivity index (χ0n) is 15.7. The van der Waals surface area contributed by atoms with E-state index in [1.165, 1.54) is 11.1 Å². The highest BCUT2D eigenvalue weighted by Gasteiger charge is 2.22. The summed E-state index contributed by atoms with van der Waals surface area (Å²) in [5.74, 6) is 1.62. The van der Waals surface area contributed by atoms with E-state index in [1.54, 1.807) is 7.05 Å². The van der Waals surface area contributed by atoms with Crippen molar-refractivity contribution >= 4 is 11.9 Å². The third kappa shape index (κ3) is 6.03. The van der Waals surface area contributed by atoms with Gasteiger partial charge in [0.1, 0.15) is 0 Å². The summed E-state index contributed by atoms with van der Waals surface area (Å²) >= 11 is 0. The van der Waals surface area contributed by atoms with Crippen LogP contribution in [0.3, 0.4) is 0 Å². The number of piperidine rings is 1. The number of aromatic nitrogens is 1. The summed E-state index contributed by atoms with van der Waals surface area (Å²) < 4.78 is 0. The maximum absolute atomic E-state index is 11.5. The van der Waals surface area contributed by atoms with E-state index in [-0.39, 0.29) is 5.91 Å². The molecule has 2 heterocycles. The molecule has 1 aliphatic rings. The number of aliphatic imine (C=N–C) groups is 1. The number of carbonyl (C=O) groups excluding carboxylic acids is 1. The molecule has 0 aliphatic carbocycles. The summed E-state index contributed by atoms with van der Waals surface area (Å²) in [6, 6.07) is 2.07. The Morgan fingerprint density at radius 3 is 2.80 bits per heavy atom. The molecule has 0 spiro atoms. The SMILES string of the molecule is CCNC(=NCCc1ccncc1C)N1CCC(CC(=O)NC)CC1. The second kappa shape index (κ2) is 10.0. The molecule has 0 aromatic carbocycles. The molecule has 6 heteroatoms. The second-order valence-electron chi connectivity index (χ2n) is 6.60. The Kier molecular flexibility index (Phi) is 7.70. The molecule has 2 N–H and O–H groups in total. The lowest BCUT2D eigenvalue weighted by atomic mass is 9.93. The number of hydrogen-bond acceptors (Lipinski definition) is 3. The van der Waals surface area contributed by atoms with Crippen LogP contribution in [0.1, 0.15) is 37.3 Å². The number of nitrogens with one attached hydrogen (secondary N) is 2. The Bertz CT molecular complexity index is 579. The summed E-state index contributed by atoms with van der Waals surface area (Å²) in [6.45, 7) is 7.75. The van der Waals surface area contributed by atoms with Gasteiger partial charge in [0.2, 0.25) is 5.91 Å². The van der Waals surface area contributed by atoms with Crippen molar-refractivity contribution < 1.29 is 4.79 Å². The van der Waals surface area contributed by atoms with Gasteiger partial charge in [0.05, 0.1) is 0 Å². The molecule has 1 aromatic heterocycles. The van der Waals surface area contributed by atoms with Crippen LogP contribution in [-0.4, -0.2) is 55.0 Å². The van der Waals surface area contributed by atoms with E-state index in [9.17, 15) is 4.79 Å². The van der Waals surface area contributed by atoms with Crippen LogP contribution in [0.25, 0.3) is 0 Å².